The van der Waals surface area contributed by atoms with Crippen LogP contribution in [-0.2, 0) is 4.79 Å². The Morgan fingerprint density at radius 2 is 1.93 bits per heavy atom. The number of likely N-dealkylation sites (N-methyl/N-ethyl adjacent to an activating group) is 1. The first-order valence-electron chi connectivity index (χ1n) is 9.34. The molecule has 0 saturated heterocycles. The number of ether oxygens (including phenoxy) is 2. The van der Waals surface area contributed by atoms with Gasteiger partial charge in [-0.05, 0) is 53.7 Å². The number of para-hydroxylation sites is 2. The molecule has 1 aromatic heterocycles. The minimum Gasteiger partial charge on any atom is -0.492 e. The zero-order valence-corrected chi connectivity index (χ0v) is 18.3. The van der Waals surface area contributed by atoms with Crippen LogP contribution in [0.15, 0.2) is 53.7 Å². The highest BCUT2D eigenvalue weighted by atomic mass is 35.5. The number of aromatic nitrogens is 4. The molecule has 0 fully saturated rings. The van der Waals surface area contributed by atoms with Crippen molar-refractivity contribution in [2.24, 2.45) is 0 Å². The van der Waals surface area contributed by atoms with E-state index in [1.54, 1.807) is 40.9 Å². The maximum atomic E-state index is 12.5. The molecule has 1 heterocycles. The Morgan fingerprint density at radius 3 is 2.70 bits per heavy atom. The normalized spacial score (nSPS) is 10.6. The van der Waals surface area contributed by atoms with Crippen molar-refractivity contribution in [2.45, 2.75) is 12.1 Å². The lowest BCUT2D eigenvalue weighted by Crippen LogP contribution is -2.32. The van der Waals surface area contributed by atoms with E-state index in [1.807, 2.05) is 31.2 Å². The molecule has 10 heteroatoms. The molecule has 0 bridgehead atoms. The molecule has 3 rings (SSSR count). The molecular formula is C20H22ClN5O3S. The molecule has 158 valence electrons. The summed E-state index contributed by atoms with van der Waals surface area (Å²) >= 11 is 7.12. The van der Waals surface area contributed by atoms with Crippen LogP contribution in [0.1, 0.15) is 6.92 Å². The molecule has 8 nitrogen and oxygen atoms in total. The second-order valence-corrected chi connectivity index (χ2v) is 7.56. The molecule has 0 aliphatic heterocycles. The molecule has 30 heavy (non-hydrogen) atoms. The lowest BCUT2D eigenvalue weighted by molar-refractivity contribution is -0.127. The molecule has 0 saturated carbocycles. The van der Waals surface area contributed by atoms with E-state index in [1.165, 1.54) is 11.8 Å². The van der Waals surface area contributed by atoms with Crippen molar-refractivity contribution in [3.63, 3.8) is 0 Å². The maximum Gasteiger partial charge on any atom is 0.232 e. The zero-order chi connectivity index (χ0) is 21.3. The molecule has 2 aromatic carbocycles. The van der Waals surface area contributed by atoms with Gasteiger partial charge in [0.25, 0.3) is 0 Å². The highest BCUT2D eigenvalue weighted by Crippen LogP contribution is 2.26. The van der Waals surface area contributed by atoms with Gasteiger partial charge in [-0.1, -0.05) is 35.5 Å². The van der Waals surface area contributed by atoms with Crippen molar-refractivity contribution >= 4 is 29.3 Å². The molecule has 0 spiro atoms. The highest BCUT2D eigenvalue weighted by molar-refractivity contribution is 7.99. The van der Waals surface area contributed by atoms with E-state index >= 15 is 0 Å². The number of benzene rings is 2. The highest BCUT2D eigenvalue weighted by Gasteiger charge is 2.16. The summed E-state index contributed by atoms with van der Waals surface area (Å²) in [6.45, 7) is 3.29. The third-order valence-corrected chi connectivity index (χ3v) is 5.25. The van der Waals surface area contributed by atoms with E-state index in [2.05, 4.69) is 15.5 Å². The molecule has 0 aliphatic rings. The van der Waals surface area contributed by atoms with Gasteiger partial charge in [-0.3, -0.25) is 4.79 Å². The zero-order valence-electron chi connectivity index (χ0n) is 16.7. The summed E-state index contributed by atoms with van der Waals surface area (Å²) < 4.78 is 12.9. The summed E-state index contributed by atoms with van der Waals surface area (Å²) in [6, 6.07) is 14.6. The molecular weight excluding hydrogens is 426 g/mol. The van der Waals surface area contributed by atoms with Crippen LogP contribution in [0, 0.1) is 0 Å². The van der Waals surface area contributed by atoms with Gasteiger partial charge in [0.15, 0.2) is 0 Å². The van der Waals surface area contributed by atoms with E-state index in [0.717, 1.165) is 5.69 Å². The monoisotopic (exact) mass is 447 g/mol. The average Bonchev–Trinajstić information content (AvgIpc) is 3.22. The van der Waals surface area contributed by atoms with E-state index in [9.17, 15) is 4.79 Å². The Kier molecular flexibility index (Phi) is 7.92. The summed E-state index contributed by atoms with van der Waals surface area (Å²) in [5.41, 5.74) is 0.726. The largest absolute Gasteiger partial charge is 0.492 e. The second-order valence-electron chi connectivity index (χ2n) is 6.18. The standard InChI is InChI=1S/C20H22ClN5O3S/c1-3-28-18-7-5-4-6-17(18)26-20(22-23-24-26)30-14-19(27)25(2)12-13-29-16-10-8-15(21)9-11-16/h4-11H,3,12-14H2,1-2H3. The van der Waals surface area contributed by atoms with Gasteiger partial charge >= 0.3 is 0 Å². The molecule has 1 amide bonds. The molecule has 0 atom stereocenters. The third kappa shape index (κ3) is 5.87. The number of thioether (sulfide) groups is 1. The van der Waals surface area contributed by atoms with Crippen LogP contribution in [0.4, 0.5) is 0 Å². The van der Waals surface area contributed by atoms with E-state index in [-0.39, 0.29) is 11.7 Å². The van der Waals surface area contributed by atoms with Crippen LogP contribution in [-0.4, -0.2) is 63.6 Å². The number of carbonyl (C=O) groups excluding carboxylic acids is 1. The van der Waals surface area contributed by atoms with Gasteiger partial charge < -0.3 is 14.4 Å². The van der Waals surface area contributed by atoms with E-state index in [4.69, 9.17) is 21.1 Å². The van der Waals surface area contributed by atoms with Crippen molar-refractivity contribution in [2.75, 3.05) is 32.6 Å². The van der Waals surface area contributed by atoms with Crippen LogP contribution in [0.3, 0.4) is 0 Å². The van der Waals surface area contributed by atoms with Crippen molar-refractivity contribution in [3.8, 4) is 17.2 Å². The smallest absolute Gasteiger partial charge is 0.232 e. The number of tetrazole rings is 1. The number of amides is 1. The fourth-order valence-electron chi connectivity index (χ4n) is 2.52. The van der Waals surface area contributed by atoms with Gasteiger partial charge in [-0.2, -0.15) is 4.68 Å². The number of hydrogen-bond acceptors (Lipinski definition) is 7. The lowest BCUT2D eigenvalue weighted by atomic mass is 10.3. The summed E-state index contributed by atoms with van der Waals surface area (Å²) in [6.07, 6.45) is 0. The Bertz CT molecular complexity index is 967. The van der Waals surface area contributed by atoms with Crippen LogP contribution < -0.4 is 9.47 Å². The lowest BCUT2D eigenvalue weighted by Gasteiger charge is -2.17. The predicted molar refractivity (Wildman–Crippen MR) is 116 cm³/mol. The minimum absolute atomic E-state index is 0.0488. The van der Waals surface area contributed by atoms with Crippen molar-refractivity contribution in [1.82, 2.24) is 25.1 Å². The first-order valence-corrected chi connectivity index (χ1v) is 10.7. The molecule has 0 unspecified atom stereocenters. The summed E-state index contributed by atoms with van der Waals surface area (Å²) in [5.74, 6) is 1.54. The first-order chi connectivity index (χ1) is 14.6. The van der Waals surface area contributed by atoms with Gasteiger partial charge in [-0.15, -0.1) is 5.10 Å². The fraction of sp³-hybridized carbons (Fsp3) is 0.300. The number of rotatable bonds is 10. The average molecular weight is 448 g/mol. The fourth-order valence-corrected chi connectivity index (χ4v) is 3.47. The second kappa shape index (κ2) is 10.8. The van der Waals surface area contributed by atoms with Crippen LogP contribution in [0.2, 0.25) is 5.02 Å². The topological polar surface area (TPSA) is 82.4 Å². The van der Waals surface area contributed by atoms with Gasteiger partial charge in [0.1, 0.15) is 23.8 Å². The third-order valence-electron chi connectivity index (χ3n) is 4.09. The quantitative estimate of drug-likeness (QED) is 0.441. The molecule has 3 aromatic rings. The van der Waals surface area contributed by atoms with E-state index in [0.29, 0.717) is 41.4 Å². The Hall–Kier alpha value is -2.78. The summed E-state index contributed by atoms with van der Waals surface area (Å²) in [7, 11) is 1.74. The maximum absolute atomic E-state index is 12.5. The SMILES string of the molecule is CCOc1ccccc1-n1nnnc1SCC(=O)N(C)CCOc1ccc(Cl)cc1. The van der Waals surface area contributed by atoms with Gasteiger partial charge in [-0.25, -0.2) is 0 Å². The number of carbonyl (C=O) groups is 1. The van der Waals surface area contributed by atoms with Gasteiger partial charge in [0.05, 0.1) is 18.9 Å². The van der Waals surface area contributed by atoms with Crippen LogP contribution in [0.25, 0.3) is 5.69 Å². The molecule has 0 N–H and O–H groups in total. The van der Waals surface area contributed by atoms with Crippen LogP contribution in [0.5, 0.6) is 11.5 Å². The summed E-state index contributed by atoms with van der Waals surface area (Å²) in [5, 5.41) is 13.0. The number of nitrogens with zero attached hydrogens (tertiary/aromatic N) is 5. The minimum atomic E-state index is -0.0488. The Labute approximate surface area is 184 Å². The van der Waals surface area contributed by atoms with Gasteiger partial charge in [0.2, 0.25) is 11.1 Å². The predicted octanol–water partition coefficient (Wildman–Crippen LogP) is 3.34. The van der Waals surface area contributed by atoms with Crippen LogP contribution >= 0.6 is 23.4 Å². The van der Waals surface area contributed by atoms with Gasteiger partial charge in [0, 0.05) is 12.1 Å². The molecule has 0 aliphatic carbocycles. The van der Waals surface area contributed by atoms with Crippen molar-refractivity contribution in [1.29, 1.82) is 0 Å². The summed E-state index contributed by atoms with van der Waals surface area (Å²) in [4.78, 5) is 14.1. The van der Waals surface area contributed by atoms with Crippen molar-refractivity contribution < 1.29 is 14.3 Å². The Morgan fingerprint density at radius 1 is 1.17 bits per heavy atom. The molecule has 0 radical (unpaired) electrons. The van der Waals surface area contributed by atoms with Crippen molar-refractivity contribution in [3.05, 3.63) is 53.6 Å². The Balaban J connectivity index is 1.53. The number of hydrogen-bond donors (Lipinski definition) is 0. The number of halogens is 1. The van der Waals surface area contributed by atoms with E-state index < -0.39 is 0 Å². The first kappa shape index (κ1) is 21.9.